The van der Waals surface area contributed by atoms with Gasteiger partial charge in [-0.3, -0.25) is 9.69 Å². The zero-order valence-corrected chi connectivity index (χ0v) is 21.6. The minimum absolute atomic E-state index is 0.0837. The van der Waals surface area contributed by atoms with Crippen molar-refractivity contribution in [2.75, 3.05) is 24.0 Å². The molecular weight excluding hydrogens is 497 g/mol. The lowest BCUT2D eigenvalue weighted by Crippen LogP contribution is -2.29. The molecule has 0 spiro atoms. The minimum Gasteiger partial charge on any atom is -0.497 e. The van der Waals surface area contributed by atoms with Gasteiger partial charge in [0.25, 0.3) is 5.91 Å². The molecule has 3 heterocycles. The number of aryl methyl sites for hydroxylation is 1. The van der Waals surface area contributed by atoms with Crippen LogP contribution in [0.3, 0.4) is 0 Å². The van der Waals surface area contributed by atoms with E-state index in [4.69, 9.17) is 9.73 Å². The Hall–Kier alpha value is -3.27. The van der Waals surface area contributed by atoms with Crippen LogP contribution in [0.5, 0.6) is 5.75 Å². The fourth-order valence-corrected chi connectivity index (χ4v) is 7.18. The van der Waals surface area contributed by atoms with Crippen molar-refractivity contribution in [1.29, 1.82) is 0 Å². The van der Waals surface area contributed by atoms with Crippen molar-refractivity contribution in [2.45, 2.75) is 11.8 Å². The molecule has 9 heteroatoms. The van der Waals surface area contributed by atoms with Gasteiger partial charge >= 0.3 is 0 Å². The van der Waals surface area contributed by atoms with E-state index in [1.54, 1.807) is 35.1 Å². The second-order valence-electron chi connectivity index (χ2n) is 7.99. The van der Waals surface area contributed by atoms with Crippen LogP contribution in [0.1, 0.15) is 5.01 Å². The molecular formula is C26H20N4O2S3. The maximum absolute atomic E-state index is 13.8. The summed E-state index contributed by atoms with van der Waals surface area (Å²) in [4.78, 5) is 28.8. The van der Waals surface area contributed by atoms with E-state index >= 15 is 0 Å². The first-order valence-corrected chi connectivity index (χ1v) is 13.3. The van der Waals surface area contributed by atoms with Gasteiger partial charge in [0, 0.05) is 18.0 Å². The zero-order chi connectivity index (χ0) is 24.1. The smallest absolute Gasteiger partial charge is 0.274 e. The molecule has 6 nitrogen and oxygen atoms in total. The average molecular weight is 517 g/mol. The van der Waals surface area contributed by atoms with Crippen LogP contribution < -0.4 is 14.5 Å². The number of anilines is 2. The van der Waals surface area contributed by atoms with Gasteiger partial charge < -0.3 is 9.64 Å². The van der Waals surface area contributed by atoms with Gasteiger partial charge in [0.2, 0.25) is 0 Å². The Morgan fingerprint density at radius 2 is 1.83 bits per heavy atom. The second-order valence-corrected chi connectivity index (χ2v) is 11.2. The molecule has 3 aromatic carbocycles. The maximum atomic E-state index is 13.8. The molecule has 0 saturated carbocycles. The number of aromatic nitrogens is 1. The molecule has 0 aliphatic carbocycles. The lowest BCUT2D eigenvalue weighted by molar-refractivity contribution is -0.113. The van der Waals surface area contributed by atoms with Crippen molar-refractivity contribution in [2.24, 2.45) is 4.99 Å². The lowest BCUT2D eigenvalue weighted by atomic mass is 10.2. The summed E-state index contributed by atoms with van der Waals surface area (Å²) in [5.74, 6) is 0.702. The number of nitrogens with zero attached hydrogens (tertiary/aromatic N) is 4. The monoisotopic (exact) mass is 516 g/mol. The van der Waals surface area contributed by atoms with Crippen LogP contribution >= 0.6 is 34.9 Å². The quantitative estimate of drug-likeness (QED) is 0.279. The zero-order valence-electron chi connectivity index (χ0n) is 19.2. The molecule has 2 aliphatic rings. The number of ether oxygens (including phenoxy) is 1. The van der Waals surface area contributed by atoms with Crippen LogP contribution in [0.4, 0.5) is 17.1 Å². The van der Waals surface area contributed by atoms with E-state index in [0.717, 1.165) is 48.0 Å². The first-order valence-electron chi connectivity index (χ1n) is 10.9. The summed E-state index contributed by atoms with van der Waals surface area (Å²) >= 11 is 4.66. The van der Waals surface area contributed by atoms with Crippen LogP contribution in [0.2, 0.25) is 0 Å². The Labute approximate surface area is 215 Å². The van der Waals surface area contributed by atoms with Crippen molar-refractivity contribution >= 4 is 73.2 Å². The largest absolute Gasteiger partial charge is 0.497 e. The summed E-state index contributed by atoms with van der Waals surface area (Å²) in [6, 6.07) is 21.6. The average Bonchev–Trinajstić information content (AvgIpc) is 3.51. The third kappa shape index (κ3) is 3.89. The molecule has 6 rings (SSSR count). The Kier molecular flexibility index (Phi) is 5.55. The first-order chi connectivity index (χ1) is 17.0. The third-order valence-corrected chi connectivity index (χ3v) is 9.08. The number of thioether (sulfide) groups is 2. The van der Waals surface area contributed by atoms with E-state index in [9.17, 15) is 4.79 Å². The lowest BCUT2D eigenvalue weighted by Gasteiger charge is -2.17. The summed E-state index contributed by atoms with van der Waals surface area (Å²) in [6.07, 6.45) is 0. The van der Waals surface area contributed by atoms with Crippen molar-refractivity contribution in [1.82, 2.24) is 4.98 Å². The van der Waals surface area contributed by atoms with Gasteiger partial charge in [-0.05, 0) is 61.2 Å². The number of amidine groups is 1. The predicted octanol–water partition coefficient (Wildman–Crippen LogP) is 6.79. The summed E-state index contributed by atoms with van der Waals surface area (Å²) in [5.41, 5.74) is 3.50. The van der Waals surface area contributed by atoms with Crippen LogP contribution in [-0.4, -0.2) is 30.2 Å². The number of carbonyl (C=O) groups excluding carboxylic acids is 1. The van der Waals surface area contributed by atoms with Gasteiger partial charge in [0.05, 0.1) is 44.4 Å². The molecule has 1 amide bonds. The highest BCUT2D eigenvalue weighted by molar-refractivity contribution is 8.20. The fourth-order valence-electron chi connectivity index (χ4n) is 4.05. The van der Waals surface area contributed by atoms with E-state index in [2.05, 4.69) is 9.88 Å². The number of hydrogen-bond acceptors (Lipinski definition) is 8. The molecule has 2 aliphatic heterocycles. The van der Waals surface area contributed by atoms with Crippen LogP contribution in [0.25, 0.3) is 10.2 Å². The normalized spacial score (nSPS) is 18.7. The molecule has 174 valence electrons. The predicted molar refractivity (Wildman–Crippen MR) is 147 cm³/mol. The maximum Gasteiger partial charge on any atom is 0.274 e. The number of carbonyl (C=O) groups is 1. The summed E-state index contributed by atoms with van der Waals surface area (Å²) in [6.45, 7) is 2.00. The number of thiazole rings is 1. The summed E-state index contributed by atoms with van der Waals surface area (Å²) in [7, 11) is 3.64. The number of methoxy groups -OCH3 is 1. The third-order valence-electron chi connectivity index (χ3n) is 5.73. The molecule has 0 N–H and O–H groups in total. The van der Waals surface area contributed by atoms with Gasteiger partial charge in [-0.1, -0.05) is 30.0 Å². The van der Waals surface area contributed by atoms with Gasteiger partial charge in [-0.25, -0.2) is 9.98 Å². The molecule has 1 saturated heterocycles. The van der Waals surface area contributed by atoms with Gasteiger partial charge in [-0.2, -0.15) is 0 Å². The first kappa shape index (κ1) is 22.2. The Balaban J connectivity index is 1.45. The number of para-hydroxylation sites is 1. The van der Waals surface area contributed by atoms with E-state index < -0.39 is 0 Å². The molecule has 0 unspecified atom stereocenters. The van der Waals surface area contributed by atoms with Crippen LogP contribution in [0, 0.1) is 6.92 Å². The second kappa shape index (κ2) is 8.75. The van der Waals surface area contributed by atoms with Crippen molar-refractivity contribution in [3.05, 3.63) is 81.7 Å². The molecule has 0 radical (unpaired) electrons. The van der Waals surface area contributed by atoms with Crippen LogP contribution in [-0.2, 0) is 4.79 Å². The van der Waals surface area contributed by atoms with Gasteiger partial charge in [-0.15, -0.1) is 11.3 Å². The summed E-state index contributed by atoms with van der Waals surface area (Å²) < 4.78 is 6.53. The van der Waals surface area contributed by atoms with E-state index in [-0.39, 0.29) is 5.91 Å². The summed E-state index contributed by atoms with van der Waals surface area (Å²) in [5, 5.41) is 2.53. The van der Waals surface area contributed by atoms with Crippen molar-refractivity contribution in [3.63, 3.8) is 0 Å². The number of benzene rings is 3. The Morgan fingerprint density at radius 3 is 2.63 bits per heavy atom. The number of rotatable bonds is 3. The molecule has 0 atom stereocenters. The van der Waals surface area contributed by atoms with Gasteiger partial charge in [0.15, 0.2) is 5.17 Å². The Bertz CT molecular complexity index is 1550. The molecule has 4 aromatic rings. The van der Waals surface area contributed by atoms with Crippen molar-refractivity contribution < 1.29 is 9.53 Å². The highest BCUT2D eigenvalue weighted by Crippen LogP contribution is 2.51. The molecule has 1 fully saturated rings. The van der Waals surface area contributed by atoms with E-state index in [1.165, 1.54) is 11.8 Å². The van der Waals surface area contributed by atoms with Gasteiger partial charge in [0.1, 0.15) is 10.7 Å². The number of aliphatic imine (C=N–C) groups is 1. The highest BCUT2D eigenvalue weighted by Gasteiger charge is 2.40. The van der Waals surface area contributed by atoms with E-state index in [1.807, 2.05) is 80.7 Å². The van der Waals surface area contributed by atoms with E-state index in [0.29, 0.717) is 10.1 Å². The Morgan fingerprint density at radius 1 is 1.00 bits per heavy atom. The topological polar surface area (TPSA) is 58.0 Å². The van der Waals surface area contributed by atoms with Crippen molar-refractivity contribution in [3.8, 4) is 5.75 Å². The standard InChI is InChI=1S/C26H20N4O2S3/c1-15-27-19-13-16(9-11-21(19)33-15)28-26-30(17-7-5-4-6-8-17)24(31)23(35-26)25-29(2)20-14-18(32-3)10-12-22(20)34-25/h4-14H,1-3H3/b25-23+,28-26?. The van der Waals surface area contributed by atoms with Crippen LogP contribution in [0.15, 0.2) is 86.6 Å². The SMILES string of the molecule is COc1ccc2c(c1)N(C)/C(=C1\SC(=Nc3ccc4sc(C)nc4c3)N(c3ccccc3)C1=O)S2. The minimum atomic E-state index is -0.0837. The number of fused-ring (bicyclic) bond motifs is 2. The number of hydrogen-bond donors (Lipinski definition) is 0. The molecule has 0 bridgehead atoms. The molecule has 35 heavy (non-hydrogen) atoms. The highest BCUT2D eigenvalue weighted by atomic mass is 32.2. The fraction of sp³-hybridized carbons (Fsp3) is 0.115. The molecule has 1 aromatic heterocycles. The number of amides is 1.